The van der Waals surface area contributed by atoms with Crippen molar-refractivity contribution in [3.05, 3.63) is 40.4 Å². The molecule has 0 aliphatic carbocycles. The SMILES string of the molecule is CCOC(=O)C1CCCN(C(=O)CN(C)C(=O)Cn2cnc3c(C)cccc3c2=O)C1. The lowest BCUT2D eigenvalue weighted by molar-refractivity contribution is -0.152. The third-order valence-electron chi connectivity index (χ3n) is 5.55. The van der Waals surface area contributed by atoms with Gasteiger partial charge >= 0.3 is 5.97 Å². The largest absolute Gasteiger partial charge is 0.466 e. The number of nitrogens with zero attached hydrogens (tertiary/aromatic N) is 4. The van der Waals surface area contributed by atoms with Crippen LogP contribution in [0.15, 0.2) is 29.3 Å². The summed E-state index contributed by atoms with van der Waals surface area (Å²) < 4.78 is 6.32. The molecule has 0 saturated carbocycles. The lowest BCUT2D eigenvalue weighted by atomic mass is 9.98. The Bertz CT molecular complexity index is 1050. The van der Waals surface area contributed by atoms with Crippen molar-refractivity contribution in [1.29, 1.82) is 0 Å². The first-order chi connectivity index (χ1) is 14.8. The molecule has 0 bridgehead atoms. The van der Waals surface area contributed by atoms with Gasteiger partial charge in [-0.3, -0.25) is 23.7 Å². The summed E-state index contributed by atoms with van der Waals surface area (Å²) in [6, 6.07) is 5.33. The van der Waals surface area contributed by atoms with Gasteiger partial charge in [0.15, 0.2) is 0 Å². The maximum Gasteiger partial charge on any atom is 0.310 e. The van der Waals surface area contributed by atoms with E-state index in [1.54, 1.807) is 24.0 Å². The number of likely N-dealkylation sites (N-methyl/N-ethyl adjacent to an activating group) is 1. The maximum atomic E-state index is 12.7. The minimum atomic E-state index is -0.372. The van der Waals surface area contributed by atoms with E-state index in [2.05, 4.69) is 4.98 Å². The number of likely N-dealkylation sites (tertiary alicyclic amines) is 1. The lowest BCUT2D eigenvalue weighted by Gasteiger charge is -2.32. The van der Waals surface area contributed by atoms with Crippen LogP contribution >= 0.6 is 0 Å². The van der Waals surface area contributed by atoms with Gasteiger partial charge in [0.2, 0.25) is 11.8 Å². The molecule has 1 atom stereocenters. The van der Waals surface area contributed by atoms with E-state index >= 15 is 0 Å². The van der Waals surface area contributed by atoms with Crippen molar-refractivity contribution >= 4 is 28.7 Å². The van der Waals surface area contributed by atoms with Crippen LogP contribution in [-0.4, -0.2) is 70.4 Å². The van der Waals surface area contributed by atoms with Crippen LogP contribution in [0.3, 0.4) is 0 Å². The Labute approximate surface area is 180 Å². The fourth-order valence-corrected chi connectivity index (χ4v) is 3.76. The van der Waals surface area contributed by atoms with Crippen LogP contribution in [0.5, 0.6) is 0 Å². The number of aryl methyl sites for hydroxylation is 1. The third-order valence-corrected chi connectivity index (χ3v) is 5.55. The quantitative estimate of drug-likeness (QED) is 0.636. The van der Waals surface area contributed by atoms with Crippen LogP contribution in [0.25, 0.3) is 10.9 Å². The molecule has 1 fully saturated rings. The highest BCUT2D eigenvalue weighted by Gasteiger charge is 2.30. The van der Waals surface area contributed by atoms with Crippen LogP contribution in [-0.2, 0) is 25.7 Å². The molecule has 166 valence electrons. The number of carbonyl (C=O) groups is 3. The molecule has 1 unspecified atom stereocenters. The second-order valence-electron chi connectivity index (χ2n) is 7.83. The summed E-state index contributed by atoms with van der Waals surface area (Å²) in [5.74, 6) is -1.22. The molecular formula is C22H28N4O5. The first-order valence-electron chi connectivity index (χ1n) is 10.4. The molecule has 3 rings (SSSR count). The Kier molecular flexibility index (Phi) is 7.04. The van der Waals surface area contributed by atoms with Crippen molar-refractivity contribution in [3.63, 3.8) is 0 Å². The van der Waals surface area contributed by atoms with Gasteiger partial charge in [-0.05, 0) is 38.3 Å². The molecule has 0 N–H and O–H groups in total. The van der Waals surface area contributed by atoms with E-state index in [1.165, 1.54) is 22.8 Å². The minimum absolute atomic E-state index is 0.122. The predicted molar refractivity (Wildman–Crippen MR) is 114 cm³/mol. The Balaban J connectivity index is 1.62. The number of hydrogen-bond donors (Lipinski definition) is 0. The highest BCUT2D eigenvalue weighted by molar-refractivity contribution is 5.85. The van der Waals surface area contributed by atoms with Crippen LogP contribution < -0.4 is 5.56 Å². The van der Waals surface area contributed by atoms with Crippen molar-refractivity contribution in [3.8, 4) is 0 Å². The van der Waals surface area contributed by atoms with E-state index in [0.717, 1.165) is 5.56 Å². The van der Waals surface area contributed by atoms with Gasteiger partial charge in [-0.15, -0.1) is 0 Å². The summed E-state index contributed by atoms with van der Waals surface area (Å²) in [6.45, 7) is 4.45. The Hall–Kier alpha value is -3.23. The molecule has 9 nitrogen and oxygen atoms in total. The van der Waals surface area contributed by atoms with E-state index in [9.17, 15) is 19.2 Å². The molecule has 1 aliphatic heterocycles. The van der Waals surface area contributed by atoms with E-state index in [-0.39, 0.29) is 42.4 Å². The first kappa shape index (κ1) is 22.5. The number of ether oxygens (including phenoxy) is 1. The number of carbonyl (C=O) groups excluding carboxylic acids is 3. The second-order valence-corrected chi connectivity index (χ2v) is 7.83. The lowest BCUT2D eigenvalue weighted by Crippen LogP contribution is -2.47. The molecule has 2 amide bonds. The fraction of sp³-hybridized carbons (Fsp3) is 0.500. The topological polar surface area (TPSA) is 102 Å². The van der Waals surface area contributed by atoms with Gasteiger partial charge in [-0.2, -0.15) is 0 Å². The maximum absolute atomic E-state index is 12.7. The van der Waals surface area contributed by atoms with Crippen LogP contribution in [0.4, 0.5) is 0 Å². The zero-order valence-electron chi connectivity index (χ0n) is 18.2. The van der Waals surface area contributed by atoms with Crippen molar-refractivity contribution < 1.29 is 19.1 Å². The minimum Gasteiger partial charge on any atom is -0.466 e. The van der Waals surface area contributed by atoms with Gasteiger partial charge in [-0.1, -0.05) is 12.1 Å². The van der Waals surface area contributed by atoms with Crippen molar-refractivity contribution in [1.82, 2.24) is 19.4 Å². The molecule has 9 heteroatoms. The van der Waals surface area contributed by atoms with Gasteiger partial charge in [0.05, 0.1) is 36.3 Å². The van der Waals surface area contributed by atoms with E-state index in [4.69, 9.17) is 4.74 Å². The van der Waals surface area contributed by atoms with Crippen LogP contribution in [0.2, 0.25) is 0 Å². The average molecular weight is 428 g/mol. The summed E-state index contributed by atoms with van der Waals surface area (Å²) >= 11 is 0. The zero-order valence-corrected chi connectivity index (χ0v) is 18.2. The Morgan fingerprint density at radius 1 is 1.29 bits per heavy atom. The van der Waals surface area contributed by atoms with E-state index in [0.29, 0.717) is 43.4 Å². The molecule has 1 saturated heterocycles. The van der Waals surface area contributed by atoms with Crippen molar-refractivity contribution in [2.24, 2.45) is 5.92 Å². The number of aromatic nitrogens is 2. The summed E-state index contributed by atoms with van der Waals surface area (Å²) in [4.78, 5) is 57.2. The standard InChI is InChI=1S/C22H28N4O5/c1-4-31-22(30)16-8-6-10-25(11-16)19(28)12-24(3)18(27)13-26-14-23-20-15(2)7-5-9-17(20)21(26)29/h5,7,9,14,16H,4,6,8,10-13H2,1-3H3. The third kappa shape index (κ3) is 5.10. The van der Waals surface area contributed by atoms with E-state index < -0.39 is 0 Å². The summed E-state index contributed by atoms with van der Waals surface area (Å²) in [5.41, 5.74) is 1.20. The number of rotatable bonds is 6. The molecule has 1 aromatic carbocycles. The molecule has 1 aliphatic rings. The number of para-hydroxylation sites is 1. The fourth-order valence-electron chi connectivity index (χ4n) is 3.76. The molecule has 0 spiro atoms. The summed E-state index contributed by atoms with van der Waals surface area (Å²) in [6.07, 6.45) is 2.76. The molecule has 2 aromatic rings. The van der Waals surface area contributed by atoms with Gasteiger partial charge < -0.3 is 14.5 Å². The number of amides is 2. The highest BCUT2D eigenvalue weighted by Crippen LogP contribution is 2.18. The molecular weight excluding hydrogens is 400 g/mol. The van der Waals surface area contributed by atoms with Crippen molar-refractivity contribution in [2.75, 3.05) is 33.3 Å². The zero-order chi connectivity index (χ0) is 22.5. The van der Waals surface area contributed by atoms with Gasteiger partial charge in [0.1, 0.15) is 6.54 Å². The number of hydrogen-bond acceptors (Lipinski definition) is 6. The predicted octanol–water partition coefficient (Wildman–Crippen LogP) is 0.965. The van der Waals surface area contributed by atoms with E-state index in [1.807, 2.05) is 13.0 Å². The smallest absolute Gasteiger partial charge is 0.310 e. The van der Waals surface area contributed by atoms with Gasteiger partial charge in [-0.25, -0.2) is 4.98 Å². The average Bonchev–Trinajstić information content (AvgIpc) is 2.76. The first-order valence-corrected chi connectivity index (χ1v) is 10.4. The summed E-state index contributed by atoms with van der Waals surface area (Å²) in [7, 11) is 1.52. The number of benzene rings is 1. The van der Waals surface area contributed by atoms with Crippen LogP contribution in [0, 0.1) is 12.8 Å². The second kappa shape index (κ2) is 9.72. The summed E-state index contributed by atoms with van der Waals surface area (Å²) in [5, 5.41) is 0.451. The highest BCUT2D eigenvalue weighted by atomic mass is 16.5. The Morgan fingerprint density at radius 2 is 2.06 bits per heavy atom. The van der Waals surface area contributed by atoms with Crippen molar-refractivity contribution in [2.45, 2.75) is 33.2 Å². The number of fused-ring (bicyclic) bond motifs is 1. The van der Waals surface area contributed by atoms with Gasteiger partial charge in [0.25, 0.3) is 5.56 Å². The Morgan fingerprint density at radius 3 is 2.81 bits per heavy atom. The number of piperidine rings is 1. The normalized spacial score (nSPS) is 16.2. The molecule has 31 heavy (non-hydrogen) atoms. The number of esters is 1. The molecule has 1 aromatic heterocycles. The molecule has 2 heterocycles. The molecule has 0 radical (unpaired) electrons. The van der Waals surface area contributed by atoms with Crippen LogP contribution in [0.1, 0.15) is 25.3 Å². The van der Waals surface area contributed by atoms with Gasteiger partial charge in [0, 0.05) is 20.1 Å². The monoisotopic (exact) mass is 428 g/mol.